The Balaban J connectivity index is 2.47. The first-order valence-electron chi connectivity index (χ1n) is 7.75. The molecule has 1 aromatic heterocycles. The first kappa shape index (κ1) is 15.8. The van der Waals surface area contributed by atoms with Crippen LogP contribution < -0.4 is 11.1 Å². The molecule has 1 aromatic carbocycles. The lowest BCUT2D eigenvalue weighted by Gasteiger charge is -2.32. The Morgan fingerprint density at radius 2 is 2.00 bits per heavy atom. The molecule has 21 heavy (non-hydrogen) atoms. The molecule has 1 atom stereocenters. The van der Waals surface area contributed by atoms with Gasteiger partial charge in [0.15, 0.2) is 5.58 Å². The maximum atomic E-state index is 11.8. The molecular formula is C17H26N2O2. The van der Waals surface area contributed by atoms with E-state index in [1.807, 2.05) is 19.1 Å². The van der Waals surface area contributed by atoms with Gasteiger partial charge in [-0.1, -0.05) is 33.8 Å². The number of hydrogen-bond donors (Lipinski definition) is 1. The van der Waals surface area contributed by atoms with Crippen LogP contribution in [0.5, 0.6) is 0 Å². The molecule has 0 aliphatic carbocycles. The van der Waals surface area contributed by atoms with Crippen LogP contribution in [0.15, 0.2) is 27.4 Å². The van der Waals surface area contributed by atoms with E-state index in [1.165, 1.54) is 5.56 Å². The van der Waals surface area contributed by atoms with Gasteiger partial charge < -0.3 is 9.73 Å². The summed E-state index contributed by atoms with van der Waals surface area (Å²) >= 11 is 0. The Kier molecular flexibility index (Phi) is 4.57. The number of rotatable bonds is 5. The zero-order valence-corrected chi connectivity index (χ0v) is 13.7. The highest BCUT2D eigenvalue weighted by atomic mass is 16.4. The van der Waals surface area contributed by atoms with Crippen molar-refractivity contribution in [1.82, 2.24) is 9.88 Å². The predicted molar refractivity (Wildman–Crippen MR) is 86.6 cm³/mol. The fourth-order valence-corrected chi connectivity index (χ4v) is 2.77. The normalized spacial score (nSPS) is 13.8. The Hall–Kier alpha value is -1.55. The van der Waals surface area contributed by atoms with Crippen LogP contribution in [0.4, 0.5) is 0 Å². The molecule has 0 saturated carbocycles. The van der Waals surface area contributed by atoms with Crippen molar-refractivity contribution in [3.05, 3.63) is 34.3 Å². The van der Waals surface area contributed by atoms with Crippen LogP contribution in [0.1, 0.15) is 52.6 Å². The zero-order valence-electron chi connectivity index (χ0n) is 13.7. The van der Waals surface area contributed by atoms with Crippen LogP contribution in [-0.2, 0) is 6.54 Å². The lowest BCUT2D eigenvalue weighted by Crippen LogP contribution is -2.32. The molecule has 2 aromatic rings. The summed E-state index contributed by atoms with van der Waals surface area (Å²) in [5.41, 5.74) is 2.80. The second-order valence-electron chi connectivity index (χ2n) is 6.59. The summed E-state index contributed by atoms with van der Waals surface area (Å²) in [6.07, 6.45) is 1.09. The lowest BCUT2D eigenvalue weighted by molar-refractivity contribution is 0.273. The Labute approximate surface area is 126 Å². The minimum Gasteiger partial charge on any atom is -0.408 e. The number of aryl methyl sites for hydroxylation is 1. The topological polar surface area (TPSA) is 47.2 Å². The molecule has 1 heterocycles. The number of nitrogens with one attached hydrogen (secondary N) is 1. The van der Waals surface area contributed by atoms with Gasteiger partial charge in [0.1, 0.15) is 0 Å². The third kappa shape index (κ3) is 3.21. The molecule has 1 N–H and O–H groups in total. The minimum absolute atomic E-state index is 0.0937. The second kappa shape index (κ2) is 6.06. The highest BCUT2D eigenvalue weighted by Crippen LogP contribution is 2.34. The molecule has 0 saturated heterocycles. The summed E-state index contributed by atoms with van der Waals surface area (Å²) in [4.78, 5) is 11.8. The van der Waals surface area contributed by atoms with Gasteiger partial charge in [-0.05, 0) is 43.0 Å². The van der Waals surface area contributed by atoms with Crippen molar-refractivity contribution in [2.45, 2.75) is 53.6 Å². The van der Waals surface area contributed by atoms with E-state index in [2.05, 4.69) is 39.1 Å². The van der Waals surface area contributed by atoms with Gasteiger partial charge in [0.25, 0.3) is 0 Å². The number of oxazole rings is 1. The van der Waals surface area contributed by atoms with Crippen molar-refractivity contribution in [3.63, 3.8) is 0 Å². The summed E-state index contributed by atoms with van der Waals surface area (Å²) in [5, 5.41) is 3.60. The van der Waals surface area contributed by atoms with Crippen LogP contribution in [-0.4, -0.2) is 11.1 Å². The second-order valence-corrected chi connectivity index (χ2v) is 6.59. The van der Waals surface area contributed by atoms with E-state index in [4.69, 9.17) is 4.42 Å². The average molecular weight is 290 g/mol. The molecule has 0 fully saturated rings. The van der Waals surface area contributed by atoms with Crippen molar-refractivity contribution in [3.8, 4) is 0 Å². The Morgan fingerprint density at radius 1 is 1.29 bits per heavy atom. The maximum absolute atomic E-state index is 11.8. The van der Waals surface area contributed by atoms with Gasteiger partial charge in [-0.25, -0.2) is 4.79 Å². The summed E-state index contributed by atoms with van der Waals surface area (Å²) in [5.74, 6) is -0.279. The maximum Gasteiger partial charge on any atom is 0.419 e. The van der Waals surface area contributed by atoms with E-state index in [0.29, 0.717) is 12.1 Å². The van der Waals surface area contributed by atoms with E-state index in [9.17, 15) is 4.79 Å². The van der Waals surface area contributed by atoms with E-state index >= 15 is 0 Å². The standard InChI is InChI=1S/C17H26N2O2/c1-6-10-18-15(17(3,4)5)12-8-9-13-14(11-12)21-16(20)19(13)7-2/h8-9,11,15,18H,6-7,10H2,1-5H3. The molecule has 0 aliphatic heterocycles. The van der Waals surface area contributed by atoms with Crippen LogP contribution >= 0.6 is 0 Å². The van der Waals surface area contributed by atoms with Gasteiger partial charge in [0.05, 0.1) is 5.52 Å². The minimum atomic E-state index is -0.279. The van der Waals surface area contributed by atoms with Gasteiger partial charge in [0.2, 0.25) is 0 Å². The molecule has 1 unspecified atom stereocenters. The molecule has 0 spiro atoms. The van der Waals surface area contributed by atoms with Gasteiger partial charge in [0, 0.05) is 12.6 Å². The first-order valence-corrected chi connectivity index (χ1v) is 7.75. The molecule has 0 amide bonds. The van der Waals surface area contributed by atoms with E-state index < -0.39 is 0 Å². The summed E-state index contributed by atoms with van der Waals surface area (Å²) < 4.78 is 7.03. The summed E-state index contributed by atoms with van der Waals surface area (Å²) in [6, 6.07) is 6.33. The van der Waals surface area contributed by atoms with E-state index in [0.717, 1.165) is 18.5 Å². The van der Waals surface area contributed by atoms with Crippen molar-refractivity contribution in [2.24, 2.45) is 5.41 Å². The SMILES string of the molecule is CCCNC(c1ccc2c(c1)oc(=O)n2CC)C(C)(C)C. The smallest absolute Gasteiger partial charge is 0.408 e. The third-order valence-corrected chi connectivity index (χ3v) is 3.81. The molecule has 2 rings (SSSR count). The van der Waals surface area contributed by atoms with Gasteiger partial charge in [-0.2, -0.15) is 0 Å². The van der Waals surface area contributed by atoms with Crippen molar-refractivity contribution >= 4 is 11.1 Å². The molecule has 0 aliphatic rings. The first-order chi connectivity index (χ1) is 9.88. The molecule has 116 valence electrons. The fraction of sp³-hybridized carbons (Fsp3) is 0.588. The van der Waals surface area contributed by atoms with Crippen LogP contribution in [0.2, 0.25) is 0 Å². The molecule has 0 radical (unpaired) electrons. The van der Waals surface area contributed by atoms with Gasteiger partial charge >= 0.3 is 5.76 Å². The van der Waals surface area contributed by atoms with Crippen LogP contribution in [0.25, 0.3) is 11.1 Å². The van der Waals surface area contributed by atoms with Crippen molar-refractivity contribution < 1.29 is 4.42 Å². The highest BCUT2D eigenvalue weighted by Gasteiger charge is 2.26. The number of hydrogen-bond acceptors (Lipinski definition) is 3. The number of nitrogens with zero attached hydrogens (tertiary/aromatic N) is 1. The molecule has 4 nitrogen and oxygen atoms in total. The van der Waals surface area contributed by atoms with E-state index in [-0.39, 0.29) is 17.2 Å². The lowest BCUT2D eigenvalue weighted by atomic mass is 9.82. The summed E-state index contributed by atoms with van der Waals surface area (Å²) in [6.45, 7) is 12.4. The molecule has 0 bridgehead atoms. The fourth-order valence-electron chi connectivity index (χ4n) is 2.77. The number of benzene rings is 1. The van der Waals surface area contributed by atoms with Crippen LogP contribution in [0.3, 0.4) is 0 Å². The van der Waals surface area contributed by atoms with Gasteiger partial charge in [-0.15, -0.1) is 0 Å². The number of fused-ring (bicyclic) bond motifs is 1. The molecule has 4 heteroatoms. The average Bonchev–Trinajstić information content (AvgIpc) is 2.72. The van der Waals surface area contributed by atoms with E-state index in [1.54, 1.807) is 4.57 Å². The highest BCUT2D eigenvalue weighted by molar-refractivity contribution is 5.74. The number of aromatic nitrogens is 1. The summed E-state index contributed by atoms with van der Waals surface area (Å²) in [7, 11) is 0. The van der Waals surface area contributed by atoms with Crippen molar-refractivity contribution in [2.75, 3.05) is 6.54 Å². The Bertz CT molecular complexity index is 661. The van der Waals surface area contributed by atoms with Crippen LogP contribution in [0, 0.1) is 5.41 Å². The zero-order chi connectivity index (χ0) is 15.6. The molecular weight excluding hydrogens is 264 g/mol. The monoisotopic (exact) mass is 290 g/mol. The quantitative estimate of drug-likeness (QED) is 0.913. The Morgan fingerprint density at radius 3 is 2.57 bits per heavy atom. The van der Waals surface area contributed by atoms with Crippen molar-refractivity contribution in [1.29, 1.82) is 0 Å². The third-order valence-electron chi connectivity index (χ3n) is 3.81. The van der Waals surface area contributed by atoms with Gasteiger partial charge in [-0.3, -0.25) is 4.57 Å². The predicted octanol–water partition coefficient (Wildman–Crippen LogP) is 3.70. The largest absolute Gasteiger partial charge is 0.419 e.